The molecule has 2 aromatic carbocycles. The minimum atomic E-state index is -0.122. The number of carbonyl (C=O) groups excluding carboxylic acids is 2. The van der Waals surface area contributed by atoms with Crippen LogP contribution in [-0.4, -0.2) is 38.7 Å². The van der Waals surface area contributed by atoms with Crippen molar-refractivity contribution < 1.29 is 14.3 Å². The highest BCUT2D eigenvalue weighted by molar-refractivity contribution is 6.02. The maximum absolute atomic E-state index is 12.9. The predicted molar refractivity (Wildman–Crippen MR) is 115 cm³/mol. The molecule has 3 amide bonds. The number of hydrogen-bond donors (Lipinski definition) is 2. The molecule has 0 atom stereocenters. The molecular weight excluding hydrogens is 366 g/mol. The second-order valence-corrected chi connectivity index (χ2v) is 7.24. The van der Waals surface area contributed by atoms with Gasteiger partial charge in [-0.25, -0.2) is 4.79 Å². The van der Waals surface area contributed by atoms with Gasteiger partial charge in [0.05, 0.1) is 6.42 Å². The predicted octanol–water partition coefficient (Wildman–Crippen LogP) is 3.76. The first kappa shape index (κ1) is 20.9. The summed E-state index contributed by atoms with van der Waals surface area (Å²) in [5.41, 5.74) is 3.84. The third-order valence-corrected chi connectivity index (χ3v) is 5.02. The van der Waals surface area contributed by atoms with Crippen molar-refractivity contribution in [2.45, 2.75) is 32.1 Å². The molecule has 0 saturated heterocycles. The molecule has 0 fully saturated rings. The first-order valence-electron chi connectivity index (χ1n) is 10.2. The van der Waals surface area contributed by atoms with Gasteiger partial charge in [-0.3, -0.25) is 9.69 Å². The molecule has 1 aliphatic rings. The number of anilines is 2. The van der Waals surface area contributed by atoms with E-state index in [1.807, 2.05) is 47.4 Å². The van der Waals surface area contributed by atoms with E-state index in [9.17, 15) is 9.59 Å². The average Bonchev–Trinajstić information content (AvgIpc) is 2.95. The van der Waals surface area contributed by atoms with Crippen molar-refractivity contribution in [3.05, 3.63) is 59.7 Å². The zero-order valence-electron chi connectivity index (χ0n) is 16.9. The summed E-state index contributed by atoms with van der Waals surface area (Å²) >= 11 is 0. The fourth-order valence-corrected chi connectivity index (χ4v) is 3.49. The molecule has 3 rings (SSSR count). The summed E-state index contributed by atoms with van der Waals surface area (Å²) in [5.74, 6) is -0.0148. The van der Waals surface area contributed by atoms with E-state index in [0.717, 1.165) is 42.6 Å². The largest absolute Gasteiger partial charge is 0.385 e. The van der Waals surface area contributed by atoms with Gasteiger partial charge in [-0.1, -0.05) is 30.3 Å². The lowest BCUT2D eigenvalue weighted by Crippen LogP contribution is -2.35. The van der Waals surface area contributed by atoms with Gasteiger partial charge >= 0.3 is 6.03 Å². The highest BCUT2D eigenvalue weighted by Crippen LogP contribution is 2.26. The minimum absolute atomic E-state index is 0.0148. The Kier molecular flexibility index (Phi) is 7.64. The number of carbonyl (C=O) groups is 2. The lowest BCUT2D eigenvalue weighted by molar-refractivity contribution is -0.120. The normalized spacial score (nSPS) is 13.3. The number of aryl methyl sites for hydroxylation is 1. The molecule has 2 aromatic rings. The lowest BCUT2D eigenvalue weighted by Gasteiger charge is -2.23. The van der Waals surface area contributed by atoms with Crippen molar-refractivity contribution in [1.29, 1.82) is 0 Å². The number of nitrogens with zero attached hydrogens (tertiary/aromatic N) is 1. The van der Waals surface area contributed by atoms with Gasteiger partial charge in [-0.15, -0.1) is 0 Å². The van der Waals surface area contributed by atoms with E-state index >= 15 is 0 Å². The third-order valence-electron chi connectivity index (χ3n) is 5.02. The van der Waals surface area contributed by atoms with Crippen LogP contribution in [0.15, 0.2) is 48.5 Å². The number of hydrogen-bond acceptors (Lipinski definition) is 3. The fourth-order valence-electron chi connectivity index (χ4n) is 3.49. The van der Waals surface area contributed by atoms with Crippen molar-refractivity contribution in [2.24, 2.45) is 0 Å². The molecule has 0 bridgehead atoms. The molecule has 6 heteroatoms. The molecule has 6 nitrogen and oxygen atoms in total. The first-order valence-corrected chi connectivity index (χ1v) is 10.2. The lowest BCUT2D eigenvalue weighted by atomic mass is 10.1. The Morgan fingerprint density at radius 2 is 1.86 bits per heavy atom. The second kappa shape index (κ2) is 10.6. The summed E-state index contributed by atoms with van der Waals surface area (Å²) in [6.07, 6.45) is 4.19. The van der Waals surface area contributed by atoms with Crippen LogP contribution in [0, 0.1) is 0 Å². The van der Waals surface area contributed by atoms with Crippen LogP contribution < -0.4 is 15.5 Å². The van der Waals surface area contributed by atoms with Crippen LogP contribution in [0.3, 0.4) is 0 Å². The molecule has 0 radical (unpaired) electrons. The van der Waals surface area contributed by atoms with Crippen LogP contribution in [-0.2, 0) is 22.4 Å². The molecule has 1 aliphatic heterocycles. The molecule has 0 aromatic heterocycles. The quantitative estimate of drug-likeness (QED) is 0.702. The van der Waals surface area contributed by atoms with Crippen molar-refractivity contribution in [2.75, 3.05) is 37.0 Å². The number of fused-ring (bicyclic) bond motifs is 1. The van der Waals surface area contributed by atoms with Crippen LogP contribution in [0.5, 0.6) is 0 Å². The number of benzene rings is 2. The van der Waals surface area contributed by atoms with E-state index in [4.69, 9.17) is 4.74 Å². The van der Waals surface area contributed by atoms with Crippen LogP contribution in [0.4, 0.5) is 16.2 Å². The smallest absolute Gasteiger partial charge is 0.326 e. The molecule has 0 aliphatic carbocycles. The van der Waals surface area contributed by atoms with Crippen molar-refractivity contribution in [1.82, 2.24) is 5.32 Å². The van der Waals surface area contributed by atoms with E-state index in [0.29, 0.717) is 26.1 Å². The zero-order chi connectivity index (χ0) is 20.5. The van der Waals surface area contributed by atoms with Gasteiger partial charge in [0.2, 0.25) is 5.91 Å². The van der Waals surface area contributed by atoms with Crippen LogP contribution >= 0.6 is 0 Å². The zero-order valence-corrected chi connectivity index (χ0v) is 16.9. The van der Waals surface area contributed by atoms with Crippen LogP contribution in [0.1, 0.15) is 30.4 Å². The van der Waals surface area contributed by atoms with Gasteiger partial charge in [0.25, 0.3) is 0 Å². The number of urea groups is 1. The minimum Gasteiger partial charge on any atom is -0.385 e. The van der Waals surface area contributed by atoms with Gasteiger partial charge < -0.3 is 15.4 Å². The Morgan fingerprint density at radius 1 is 1.07 bits per heavy atom. The van der Waals surface area contributed by atoms with E-state index in [-0.39, 0.29) is 11.9 Å². The molecule has 29 heavy (non-hydrogen) atoms. The molecular formula is C23H29N3O3. The monoisotopic (exact) mass is 395 g/mol. The molecule has 154 valence electrons. The number of para-hydroxylation sites is 1. The maximum Gasteiger partial charge on any atom is 0.326 e. The Balaban J connectivity index is 1.56. The number of nitrogens with one attached hydrogen (secondary N) is 2. The third kappa shape index (κ3) is 6.06. The summed E-state index contributed by atoms with van der Waals surface area (Å²) in [5, 5.41) is 5.86. The van der Waals surface area contributed by atoms with Gasteiger partial charge in [-0.05, 0) is 55.0 Å². The summed E-state index contributed by atoms with van der Waals surface area (Å²) in [6.45, 7) is 1.96. The topological polar surface area (TPSA) is 70.7 Å². The molecule has 0 unspecified atom stereocenters. The van der Waals surface area contributed by atoms with E-state index in [1.165, 1.54) is 5.56 Å². The number of ether oxygens (including phenoxy) is 1. The van der Waals surface area contributed by atoms with E-state index in [2.05, 4.69) is 16.7 Å². The summed E-state index contributed by atoms with van der Waals surface area (Å²) in [7, 11) is 1.65. The van der Waals surface area contributed by atoms with Crippen LogP contribution in [0.25, 0.3) is 0 Å². The summed E-state index contributed by atoms with van der Waals surface area (Å²) in [4.78, 5) is 26.6. The standard InChI is InChI=1S/C23H29N3O3/c1-29-16-6-14-24-22(27)17-18-10-12-20(13-11-18)25-23(28)26-15-5-4-8-19-7-2-3-9-21(19)26/h2-3,7,9-13H,4-6,8,14-17H2,1H3,(H,24,27)(H,25,28). The van der Waals surface area contributed by atoms with Gasteiger partial charge in [0.1, 0.15) is 0 Å². The van der Waals surface area contributed by atoms with Gasteiger partial charge in [0.15, 0.2) is 0 Å². The van der Waals surface area contributed by atoms with Gasteiger partial charge in [0, 0.05) is 38.2 Å². The molecule has 2 N–H and O–H groups in total. The highest BCUT2D eigenvalue weighted by Gasteiger charge is 2.20. The Labute approximate surface area is 172 Å². The van der Waals surface area contributed by atoms with Gasteiger partial charge in [-0.2, -0.15) is 0 Å². The van der Waals surface area contributed by atoms with E-state index in [1.54, 1.807) is 7.11 Å². The Bertz CT molecular complexity index is 820. The number of rotatable bonds is 7. The fraction of sp³-hybridized carbons (Fsp3) is 0.391. The Hall–Kier alpha value is -2.86. The van der Waals surface area contributed by atoms with E-state index < -0.39 is 0 Å². The first-order chi connectivity index (χ1) is 14.2. The van der Waals surface area contributed by atoms with Crippen molar-refractivity contribution >= 4 is 23.3 Å². The summed E-state index contributed by atoms with van der Waals surface area (Å²) < 4.78 is 4.97. The highest BCUT2D eigenvalue weighted by atomic mass is 16.5. The number of methoxy groups -OCH3 is 1. The maximum atomic E-state index is 12.9. The van der Waals surface area contributed by atoms with Crippen LogP contribution in [0.2, 0.25) is 0 Å². The number of amides is 3. The molecule has 0 spiro atoms. The molecule has 0 saturated carbocycles. The average molecular weight is 396 g/mol. The van der Waals surface area contributed by atoms with Crippen molar-refractivity contribution in [3.8, 4) is 0 Å². The molecule has 1 heterocycles. The Morgan fingerprint density at radius 3 is 2.66 bits per heavy atom. The summed E-state index contributed by atoms with van der Waals surface area (Å²) in [6, 6.07) is 15.4. The van der Waals surface area contributed by atoms with Crippen molar-refractivity contribution in [3.63, 3.8) is 0 Å². The SMILES string of the molecule is COCCCNC(=O)Cc1ccc(NC(=O)N2CCCCc3ccccc32)cc1. The second-order valence-electron chi connectivity index (χ2n) is 7.24.